The van der Waals surface area contributed by atoms with Crippen LogP contribution in [-0.4, -0.2) is 29.5 Å². The molecule has 1 N–H and O–H groups in total. The molecule has 0 aliphatic rings. The predicted molar refractivity (Wildman–Crippen MR) is 69.8 cm³/mol. The van der Waals surface area contributed by atoms with Crippen molar-refractivity contribution in [1.29, 1.82) is 0 Å². The van der Waals surface area contributed by atoms with E-state index >= 15 is 0 Å². The van der Waals surface area contributed by atoms with Crippen molar-refractivity contribution in [2.45, 2.75) is 53.4 Å². The number of rotatable bonds is 8. The quantitative estimate of drug-likeness (QED) is 0.482. The van der Waals surface area contributed by atoms with Crippen LogP contribution in [0.2, 0.25) is 0 Å². The Morgan fingerprint density at radius 1 is 0.786 bits per heavy atom. The third-order valence-electron chi connectivity index (χ3n) is 4.02. The number of hydrogen-bond acceptors (Lipinski definition) is 1. The molecule has 0 aromatic heterocycles. The number of hydrogen-bond donors (Lipinski definition) is 1. The molecule has 0 saturated carbocycles. The van der Waals surface area contributed by atoms with E-state index in [1.807, 2.05) is 0 Å². The molecule has 0 aromatic rings. The molecule has 14 heavy (non-hydrogen) atoms. The Labute approximate surface area is 90.3 Å². The van der Waals surface area contributed by atoms with Gasteiger partial charge in [-0.3, -0.25) is 0 Å². The Kier molecular flexibility index (Phi) is 6.25. The monoisotopic (exact) mass is 220 g/mol. The van der Waals surface area contributed by atoms with E-state index in [0.717, 1.165) is 24.6 Å². The summed E-state index contributed by atoms with van der Waals surface area (Å²) in [6, 6.07) is 0. The molecule has 0 rings (SSSR count). The summed E-state index contributed by atoms with van der Waals surface area (Å²) in [6.45, 7) is 6.51. The Balaban J connectivity index is 4.10. The second-order valence-corrected chi connectivity index (χ2v) is 10.8. The second-order valence-electron chi connectivity index (χ2n) is 4.64. The first-order valence-corrected chi connectivity index (χ1v) is 9.22. The summed E-state index contributed by atoms with van der Waals surface area (Å²) in [5, 5.41) is 0. The zero-order valence-corrected chi connectivity index (χ0v) is 11.4. The van der Waals surface area contributed by atoms with Crippen molar-refractivity contribution in [2.24, 2.45) is 0 Å². The van der Waals surface area contributed by atoms with Gasteiger partial charge in [0.25, 0.3) is 0 Å². The van der Waals surface area contributed by atoms with Gasteiger partial charge in [0.15, 0.2) is 0 Å². The van der Waals surface area contributed by atoms with Gasteiger partial charge in [0.2, 0.25) is 0 Å². The maximum atomic E-state index is 10.8. The minimum absolute atomic E-state index is 1.02. The summed E-state index contributed by atoms with van der Waals surface area (Å²) in [6.07, 6.45) is 9.30. The molecule has 0 saturated heterocycles. The Hall–Kier alpha value is 0.390. The summed E-state index contributed by atoms with van der Waals surface area (Å²) in [4.78, 5) is 10.8. The van der Waals surface area contributed by atoms with Gasteiger partial charge in [-0.25, -0.2) is 0 Å². The SMILES string of the molecule is CCCCCCP(O)(CC)(CC)CC. The predicted octanol–water partition coefficient (Wildman–Crippen LogP) is 4.09. The van der Waals surface area contributed by atoms with Gasteiger partial charge >= 0.3 is 89.7 Å². The fraction of sp³-hybridized carbons (Fsp3) is 1.00. The van der Waals surface area contributed by atoms with Crippen molar-refractivity contribution in [1.82, 2.24) is 0 Å². The van der Waals surface area contributed by atoms with Crippen LogP contribution in [0.25, 0.3) is 0 Å². The summed E-state index contributed by atoms with van der Waals surface area (Å²) in [7, 11) is 0. The van der Waals surface area contributed by atoms with Gasteiger partial charge in [0.05, 0.1) is 0 Å². The van der Waals surface area contributed by atoms with E-state index in [1.165, 1.54) is 25.7 Å². The molecular formula is C12H29OP. The standard InChI is InChI=1S/C12H29OP/c1-5-9-10-11-12-14(13,6-2,7-3)8-4/h13H,5-12H2,1-4H3. The fourth-order valence-electron chi connectivity index (χ4n) is 2.09. The molecule has 0 aromatic carbocycles. The van der Waals surface area contributed by atoms with Crippen LogP contribution in [0.4, 0.5) is 0 Å². The van der Waals surface area contributed by atoms with E-state index in [1.54, 1.807) is 0 Å². The Morgan fingerprint density at radius 3 is 1.64 bits per heavy atom. The van der Waals surface area contributed by atoms with Crippen molar-refractivity contribution < 1.29 is 4.89 Å². The van der Waals surface area contributed by atoms with E-state index in [4.69, 9.17) is 0 Å². The van der Waals surface area contributed by atoms with Crippen LogP contribution in [0.1, 0.15) is 53.4 Å². The zero-order chi connectivity index (χ0) is 11.1. The van der Waals surface area contributed by atoms with Gasteiger partial charge in [-0.1, -0.05) is 0 Å². The molecule has 88 valence electrons. The molecule has 0 radical (unpaired) electrons. The van der Waals surface area contributed by atoms with E-state index in [2.05, 4.69) is 27.7 Å². The van der Waals surface area contributed by atoms with E-state index < -0.39 is 6.83 Å². The van der Waals surface area contributed by atoms with Crippen molar-refractivity contribution in [3.8, 4) is 0 Å². The van der Waals surface area contributed by atoms with Gasteiger partial charge in [-0.15, -0.1) is 0 Å². The summed E-state index contributed by atoms with van der Waals surface area (Å²) < 4.78 is 0. The Morgan fingerprint density at radius 2 is 1.29 bits per heavy atom. The molecule has 1 nitrogen and oxygen atoms in total. The van der Waals surface area contributed by atoms with Crippen LogP contribution in [0.5, 0.6) is 0 Å². The van der Waals surface area contributed by atoms with Crippen molar-refractivity contribution in [2.75, 3.05) is 24.6 Å². The molecule has 0 amide bonds. The molecule has 0 bridgehead atoms. The van der Waals surface area contributed by atoms with Crippen LogP contribution < -0.4 is 0 Å². The molecule has 0 aliphatic carbocycles. The van der Waals surface area contributed by atoms with E-state index in [-0.39, 0.29) is 0 Å². The van der Waals surface area contributed by atoms with Crippen molar-refractivity contribution in [3.63, 3.8) is 0 Å². The van der Waals surface area contributed by atoms with Crippen LogP contribution >= 0.6 is 6.83 Å². The fourth-order valence-corrected chi connectivity index (χ4v) is 5.42. The van der Waals surface area contributed by atoms with Gasteiger partial charge in [-0.2, -0.15) is 0 Å². The van der Waals surface area contributed by atoms with E-state index in [0.29, 0.717) is 0 Å². The first-order valence-electron chi connectivity index (χ1n) is 6.29. The average Bonchev–Trinajstić information content (AvgIpc) is 2.25. The van der Waals surface area contributed by atoms with Crippen molar-refractivity contribution in [3.05, 3.63) is 0 Å². The first kappa shape index (κ1) is 14.4. The summed E-state index contributed by atoms with van der Waals surface area (Å²) >= 11 is 0. The molecule has 0 spiro atoms. The normalized spacial score (nSPS) is 15.1. The zero-order valence-electron chi connectivity index (χ0n) is 10.6. The molecule has 0 aliphatic heterocycles. The third kappa shape index (κ3) is 3.87. The van der Waals surface area contributed by atoms with Gasteiger partial charge in [0, 0.05) is 0 Å². The van der Waals surface area contributed by atoms with Crippen molar-refractivity contribution >= 4 is 6.83 Å². The van der Waals surface area contributed by atoms with Crippen LogP contribution in [0.15, 0.2) is 0 Å². The minimum atomic E-state index is -2.24. The molecule has 2 heteroatoms. The average molecular weight is 220 g/mol. The molecule has 0 heterocycles. The summed E-state index contributed by atoms with van der Waals surface area (Å²) in [5.41, 5.74) is 0. The first-order chi connectivity index (χ1) is 6.54. The third-order valence-corrected chi connectivity index (χ3v) is 10.4. The molecule has 0 atom stereocenters. The van der Waals surface area contributed by atoms with Crippen LogP contribution in [-0.2, 0) is 0 Å². The molecule has 0 unspecified atom stereocenters. The maximum absolute atomic E-state index is 10.8. The Bertz CT molecular complexity index is 141. The van der Waals surface area contributed by atoms with Gasteiger partial charge < -0.3 is 0 Å². The van der Waals surface area contributed by atoms with Crippen LogP contribution in [0.3, 0.4) is 0 Å². The topological polar surface area (TPSA) is 20.2 Å². The van der Waals surface area contributed by atoms with Crippen LogP contribution in [0, 0.1) is 0 Å². The van der Waals surface area contributed by atoms with E-state index in [9.17, 15) is 4.89 Å². The number of unbranched alkanes of at least 4 members (excludes halogenated alkanes) is 3. The van der Waals surface area contributed by atoms with Gasteiger partial charge in [0.1, 0.15) is 0 Å². The molecule has 0 fully saturated rings. The van der Waals surface area contributed by atoms with Gasteiger partial charge in [-0.05, 0) is 0 Å². The summed E-state index contributed by atoms with van der Waals surface area (Å²) in [5.74, 6) is 0. The molecular weight excluding hydrogens is 191 g/mol. The second kappa shape index (κ2) is 6.08.